The molecular weight excluding hydrogens is 246 g/mol. The van der Waals surface area contributed by atoms with Gasteiger partial charge in [0.15, 0.2) is 5.78 Å². The van der Waals surface area contributed by atoms with Crippen molar-refractivity contribution in [2.75, 3.05) is 0 Å². The van der Waals surface area contributed by atoms with Crippen LogP contribution < -0.4 is 0 Å². The molecule has 1 saturated carbocycles. The number of aromatic nitrogens is 1. The number of aryl methyl sites for hydroxylation is 1. The molecule has 0 spiro atoms. The van der Waals surface area contributed by atoms with Crippen molar-refractivity contribution in [1.82, 2.24) is 4.57 Å². The van der Waals surface area contributed by atoms with Gasteiger partial charge in [0.2, 0.25) is 0 Å². The number of Topliss-reactive ketones (excluding diaryl/α,β-unsaturated/α-hetero) is 1. The summed E-state index contributed by atoms with van der Waals surface area (Å²) in [6.45, 7) is 11.5. The second kappa shape index (κ2) is 4.41. The summed E-state index contributed by atoms with van der Waals surface area (Å²) in [7, 11) is 0. The number of carbonyl (C=O) groups is 1. The van der Waals surface area contributed by atoms with Crippen LogP contribution in [0.4, 0.5) is 0 Å². The summed E-state index contributed by atoms with van der Waals surface area (Å²) in [4.78, 5) is 12.0. The quantitative estimate of drug-likeness (QED) is 0.598. The first kappa shape index (κ1) is 13.7. The van der Waals surface area contributed by atoms with Crippen LogP contribution in [0.15, 0.2) is 6.07 Å². The highest BCUT2D eigenvalue weighted by atomic mass is 35.5. The van der Waals surface area contributed by atoms with E-state index >= 15 is 0 Å². The molecule has 1 heterocycles. The van der Waals surface area contributed by atoms with Gasteiger partial charge in [-0.2, -0.15) is 0 Å². The molecule has 0 aromatic carbocycles. The number of ketones is 1. The Balaban J connectivity index is 2.25. The molecule has 2 unspecified atom stereocenters. The topological polar surface area (TPSA) is 22.0 Å². The third-order valence-corrected chi connectivity index (χ3v) is 4.52. The van der Waals surface area contributed by atoms with Crippen molar-refractivity contribution in [3.8, 4) is 0 Å². The van der Waals surface area contributed by atoms with Crippen LogP contribution in [0.25, 0.3) is 0 Å². The lowest BCUT2D eigenvalue weighted by atomic mass is 10.1. The zero-order chi connectivity index (χ0) is 13.7. The van der Waals surface area contributed by atoms with Gasteiger partial charge < -0.3 is 4.57 Å². The lowest BCUT2D eigenvalue weighted by molar-refractivity contribution is 0.0991. The van der Waals surface area contributed by atoms with E-state index in [-0.39, 0.29) is 5.78 Å². The van der Waals surface area contributed by atoms with Crippen molar-refractivity contribution < 1.29 is 4.79 Å². The highest BCUT2D eigenvalue weighted by Gasteiger charge is 2.45. The van der Waals surface area contributed by atoms with Crippen LogP contribution >= 0.6 is 11.6 Å². The summed E-state index contributed by atoms with van der Waals surface area (Å²) >= 11 is 5.90. The number of hydrogen-bond donors (Lipinski definition) is 0. The maximum absolute atomic E-state index is 12.0. The first-order valence-electron chi connectivity index (χ1n) is 6.59. The van der Waals surface area contributed by atoms with E-state index in [4.69, 9.17) is 11.6 Å². The molecule has 100 valence electrons. The number of alkyl halides is 1. The van der Waals surface area contributed by atoms with Gasteiger partial charge in [0, 0.05) is 23.5 Å². The van der Waals surface area contributed by atoms with Crippen molar-refractivity contribution in [3.63, 3.8) is 0 Å². The molecule has 0 bridgehead atoms. The Morgan fingerprint density at radius 2 is 2.11 bits per heavy atom. The Bertz CT molecular complexity index is 485. The molecule has 0 radical (unpaired) electrons. The van der Waals surface area contributed by atoms with Gasteiger partial charge >= 0.3 is 0 Å². The molecule has 2 atom stereocenters. The van der Waals surface area contributed by atoms with Crippen molar-refractivity contribution in [2.45, 2.75) is 53.0 Å². The summed E-state index contributed by atoms with van der Waals surface area (Å²) < 4.78 is 2.27. The van der Waals surface area contributed by atoms with Crippen LogP contribution in [-0.2, 0) is 6.54 Å². The van der Waals surface area contributed by atoms with E-state index in [1.807, 2.05) is 13.0 Å². The van der Waals surface area contributed by atoms with E-state index in [9.17, 15) is 4.79 Å². The highest BCUT2D eigenvalue weighted by Crippen LogP contribution is 2.52. The summed E-state index contributed by atoms with van der Waals surface area (Å²) in [5.74, 6) is 0.768. The monoisotopic (exact) mass is 267 g/mol. The van der Waals surface area contributed by atoms with Crippen LogP contribution in [0.1, 0.15) is 48.9 Å². The summed E-state index contributed by atoms with van der Waals surface area (Å²) in [5, 5.41) is -0.448. The van der Waals surface area contributed by atoms with Gasteiger partial charge in [-0.25, -0.2) is 0 Å². The fraction of sp³-hybridized carbons (Fsp3) is 0.667. The predicted octanol–water partition coefficient (Wildman–Crippen LogP) is 3.96. The smallest absolute Gasteiger partial charge is 0.182 e. The highest BCUT2D eigenvalue weighted by molar-refractivity contribution is 6.33. The van der Waals surface area contributed by atoms with Gasteiger partial charge in [0.1, 0.15) is 0 Å². The molecule has 2 nitrogen and oxygen atoms in total. The molecule has 0 saturated heterocycles. The normalized spacial score (nSPS) is 22.9. The van der Waals surface area contributed by atoms with Crippen LogP contribution in [0.5, 0.6) is 0 Å². The zero-order valence-electron chi connectivity index (χ0n) is 11.9. The molecule has 1 aliphatic rings. The van der Waals surface area contributed by atoms with E-state index in [0.717, 1.165) is 29.4 Å². The van der Waals surface area contributed by atoms with Crippen LogP contribution in [0.3, 0.4) is 0 Å². The standard InChI is InChI=1S/C15H22ClNO/c1-9-6-13(14(18)10(2)16)11(3)17(9)8-12-7-15(12,4)5/h6,10,12H,7-8H2,1-5H3. The fourth-order valence-electron chi connectivity index (χ4n) is 2.65. The van der Waals surface area contributed by atoms with Crippen LogP contribution in [0, 0.1) is 25.2 Å². The number of halogens is 1. The maximum Gasteiger partial charge on any atom is 0.182 e. The molecule has 18 heavy (non-hydrogen) atoms. The molecule has 3 heteroatoms. The van der Waals surface area contributed by atoms with Crippen molar-refractivity contribution in [2.24, 2.45) is 11.3 Å². The minimum Gasteiger partial charge on any atom is -0.348 e. The zero-order valence-corrected chi connectivity index (χ0v) is 12.6. The van der Waals surface area contributed by atoms with Crippen molar-refractivity contribution in [3.05, 3.63) is 23.0 Å². The summed E-state index contributed by atoms with van der Waals surface area (Å²) in [5.41, 5.74) is 3.48. The first-order chi connectivity index (χ1) is 8.24. The average Bonchev–Trinajstić information content (AvgIpc) is 2.77. The number of carbonyl (C=O) groups excluding carboxylic acids is 1. The van der Waals surface area contributed by atoms with Crippen LogP contribution in [0.2, 0.25) is 0 Å². The van der Waals surface area contributed by atoms with Gasteiger partial charge in [-0.15, -0.1) is 11.6 Å². The second-order valence-electron chi connectivity index (χ2n) is 6.27. The maximum atomic E-state index is 12.0. The largest absolute Gasteiger partial charge is 0.348 e. The van der Waals surface area contributed by atoms with Crippen molar-refractivity contribution in [1.29, 1.82) is 0 Å². The fourth-order valence-corrected chi connectivity index (χ4v) is 2.77. The minimum absolute atomic E-state index is 0.0334. The Kier molecular flexibility index (Phi) is 3.35. The SMILES string of the molecule is Cc1cc(C(=O)C(C)Cl)c(C)n1CC1CC1(C)C. The number of nitrogens with zero attached hydrogens (tertiary/aromatic N) is 1. The molecule has 1 aromatic rings. The molecule has 0 amide bonds. The van der Waals surface area contributed by atoms with Gasteiger partial charge in [0.25, 0.3) is 0 Å². The predicted molar refractivity (Wildman–Crippen MR) is 75.4 cm³/mol. The molecule has 2 rings (SSSR count). The molecule has 1 aromatic heterocycles. The molecule has 0 aliphatic heterocycles. The average molecular weight is 268 g/mol. The Labute approximate surface area is 114 Å². The van der Waals surface area contributed by atoms with Gasteiger partial charge in [-0.05, 0) is 44.6 Å². The van der Waals surface area contributed by atoms with Crippen LogP contribution in [-0.4, -0.2) is 15.7 Å². The number of rotatable bonds is 4. The molecule has 1 fully saturated rings. The lowest BCUT2D eigenvalue weighted by Crippen LogP contribution is -2.13. The van der Waals surface area contributed by atoms with Crippen molar-refractivity contribution >= 4 is 17.4 Å². The van der Waals surface area contributed by atoms with E-state index in [0.29, 0.717) is 5.41 Å². The van der Waals surface area contributed by atoms with Gasteiger partial charge in [0.05, 0.1) is 5.38 Å². The summed E-state index contributed by atoms with van der Waals surface area (Å²) in [6, 6.07) is 1.98. The molecule has 1 aliphatic carbocycles. The third-order valence-electron chi connectivity index (χ3n) is 4.32. The lowest BCUT2D eigenvalue weighted by Gasteiger charge is -2.11. The number of hydrogen-bond acceptors (Lipinski definition) is 1. The minimum atomic E-state index is -0.448. The van der Waals surface area contributed by atoms with E-state index in [1.54, 1.807) is 6.92 Å². The molecule has 0 N–H and O–H groups in total. The van der Waals surface area contributed by atoms with E-state index in [1.165, 1.54) is 6.42 Å². The van der Waals surface area contributed by atoms with E-state index < -0.39 is 5.38 Å². The van der Waals surface area contributed by atoms with E-state index in [2.05, 4.69) is 25.3 Å². The Morgan fingerprint density at radius 1 is 1.56 bits per heavy atom. The van der Waals surface area contributed by atoms with Gasteiger partial charge in [-0.1, -0.05) is 13.8 Å². The summed E-state index contributed by atoms with van der Waals surface area (Å²) in [6.07, 6.45) is 1.28. The van der Waals surface area contributed by atoms with Gasteiger partial charge in [-0.3, -0.25) is 4.79 Å². The first-order valence-corrected chi connectivity index (χ1v) is 7.02. The Morgan fingerprint density at radius 3 is 2.56 bits per heavy atom. The Hall–Kier alpha value is -0.760. The second-order valence-corrected chi connectivity index (χ2v) is 6.92. The molecular formula is C15H22ClNO. The third kappa shape index (κ3) is 2.35.